The molecule has 0 aliphatic carbocycles. The molecule has 5 N–H and O–H groups in total. The van der Waals surface area contributed by atoms with Gasteiger partial charge in [0.1, 0.15) is 18.3 Å². The molecule has 84 valence electrons. The number of carbonyl (C=O) groups excluding carboxylic acids is 1. The SMILES string of the molecule is O=C[C@H](O)[C@H](O)[C@@H](O)COP(=O)(O)O. The summed E-state index contributed by atoms with van der Waals surface area (Å²) in [5.74, 6) is 0. The van der Waals surface area contributed by atoms with E-state index in [1.54, 1.807) is 0 Å². The average molecular weight is 230 g/mol. The third kappa shape index (κ3) is 5.40. The summed E-state index contributed by atoms with van der Waals surface area (Å²) in [5, 5.41) is 26.6. The van der Waals surface area contributed by atoms with Gasteiger partial charge >= 0.3 is 7.82 Å². The van der Waals surface area contributed by atoms with E-state index in [0.29, 0.717) is 0 Å². The molecule has 0 aromatic rings. The number of hydrogen-bond donors (Lipinski definition) is 5. The second-order valence-corrected chi connectivity index (χ2v) is 3.71. The van der Waals surface area contributed by atoms with Gasteiger partial charge in [0.15, 0.2) is 6.29 Å². The highest BCUT2D eigenvalue weighted by Crippen LogP contribution is 2.35. The lowest BCUT2D eigenvalue weighted by molar-refractivity contribution is -0.127. The Morgan fingerprint density at radius 2 is 1.79 bits per heavy atom. The largest absolute Gasteiger partial charge is 0.469 e. The molecule has 0 amide bonds. The molecule has 0 saturated heterocycles. The number of phosphoric acid groups is 1. The number of aliphatic hydroxyl groups excluding tert-OH is 3. The van der Waals surface area contributed by atoms with Crippen LogP contribution in [0.3, 0.4) is 0 Å². The zero-order chi connectivity index (χ0) is 11.4. The van der Waals surface area contributed by atoms with Crippen molar-refractivity contribution in [1.82, 2.24) is 0 Å². The van der Waals surface area contributed by atoms with Crippen LogP contribution in [0.2, 0.25) is 0 Å². The van der Waals surface area contributed by atoms with E-state index in [2.05, 4.69) is 4.52 Å². The predicted octanol–water partition coefficient (Wildman–Crippen LogP) is -2.62. The van der Waals surface area contributed by atoms with E-state index >= 15 is 0 Å². The number of hydrogen-bond acceptors (Lipinski definition) is 6. The molecule has 0 aliphatic heterocycles. The van der Waals surface area contributed by atoms with Crippen molar-refractivity contribution in [3.63, 3.8) is 0 Å². The van der Waals surface area contributed by atoms with Gasteiger partial charge in [0.2, 0.25) is 0 Å². The second kappa shape index (κ2) is 5.52. The minimum absolute atomic E-state index is 0.0225. The Labute approximate surface area is 79.0 Å². The van der Waals surface area contributed by atoms with Crippen LogP contribution in [0.25, 0.3) is 0 Å². The molecule has 0 aliphatic rings. The minimum Gasteiger partial charge on any atom is -0.388 e. The Kier molecular flexibility index (Phi) is 5.38. The van der Waals surface area contributed by atoms with Crippen LogP contribution in [-0.2, 0) is 13.9 Å². The fraction of sp³-hybridized carbons (Fsp3) is 0.800. The average Bonchev–Trinajstić information content (AvgIpc) is 2.10. The van der Waals surface area contributed by atoms with E-state index in [4.69, 9.17) is 25.1 Å². The molecule has 3 atom stereocenters. The Morgan fingerprint density at radius 1 is 1.29 bits per heavy atom. The topological polar surface area (TPSA) is 145 Å². The predicted molar refractivity (Wildman–Crippen MR) is 42.1 cm³/mol. The molecule has 0 unspecified atom stereocenters. The Balaban J connectivity index is 4.02. The summed E-state index contributed by atoms with van der Waals surface area (Å²) >= 11 is 0. The molecule has 0 fully saturated rings. The van der Waals surface area contributed by atoms with Crippen molar-refractivity contribution in [3.05, 3.63) is 0 Å². The normalized spacial score (nSPS) is 18.6. The summed E-state index contributed by atoms with van der Waals surface area (Å²) in [5.41, 5.74) is 0. The van der Waals surface area contributed by atoms with Gasteiger partial charge in [-0.25, -0.2) is 4.57 Å². The first-order valence-electron chi connectivity index (χ1n) is 3.47. The van der Waals surface area contributed by atoms with E-state index in [-0.39, 0.29) is 6.29 Å². The molecule has 9 heteroatoms. The molecule has 0 bridgehead atoms. The first-order chi connectivity index (χ1) is 6.28. The maximum Gasteiger partial charge on any atom is 0.469 e. The molecular formula is C5H11O8P. The number of aldehydes is 1. The van der Waals surface area contributed by atoms with Crippen molar-refractivity contribution in [2.45, 2.75) is 18.3 Å². The molecule has 0 radical (unpaired) electrons. The van der Waals surface area contributed by atoms with Crippen LogP contribution in [0.4, 0.5) is 0 Å². The van der Waals surface area contributed by atoms with Gasteiger partial charge < -0.3 is 29.9 Å². The van der Waals surface area contributed by atoms with Crippen molar-refractivity contribution < 1.29 is 39.0 Å². The van der Waals surface area contributed by atoms with Crippen molar-refractivity contribution in [1.29, 1.82) is 0 Å². The Hall–Kier alpha value is -0.340. The number of phosphoric ester groups is 1. The molecule has 0 aromatic heterocycles. The van der Waals surface area contributed by atoms with Gasteiger partial charge in [0, 0.05) is 0 Å². The van der Waals surface area contributed by atoms with Crippen LogP contribution < -0.4 is 0 Å². The highest BCUT2D eigenvalue weighted by molar-refractivity contribution is 7.46. The monoisotopic (exact) mass is 230 g/mol. The highest BCUT2D eigenvalue weighted by Gasteiger charge is 2.27. The quantitative estimate of drug-likeness (QED) is 0.246. The molecule has 0 heterocycles. The zero-order valence-electron chi connectivity index (χ0n) is 6.92. The van der Waals surface area contributed by atoms with Gasteiger partial charge in [0.25, 0.3) is 0 Å². The summed E-state index contributed by atoms with van der Waals surface area (Å²) in [7, 11) is -4.74. The highest BCUT2D eigenvalue weighted by atomic mass is 31.2. The van der Waals surface area contributed by atoms with Crippen LogP contribution in [0.1, 0.15) is 0 Å². The van der Waals surface area contributed by atoms with Crippen LogP contribution in [-0.4, -0.2) is 56.3 Å². The van der Waals surface area contributed by atoms with E-state index in [1.165, 1.54) is 0 Å². The lowest BCUT2D eigenvalue weighted by Crippen LogP contribution is -2.40. The summed E-state index contributed by atoms with van der Waals surface area (Å²) in [4.78, 5) is 26.4. The van der Waals surface area contributed by atoms with Crippen LogP contribution in [0.5, 0.6) is 0 Å². The van der Waals surface area contributed by atoms with Gasteiger partial charge in [-0.05, 0) is 0 Å². The molecule has 0 aromatic carbocycles. The molecule has 0 spiro atoms. The number of carbonyl (C=O) groups is 1. The smallest absolute Gasteiger partial charge is 0.388 e. The zero-order valence-corrected chi connectivity index (χ0v) is 7.82. The van der Waals surface area contributed by atoms with Gasteiger partial charge in [-0.2, -0.15) is 0 Å². The fourth-order valence-electron chi connectivity index (χ4n) is 0.580. The van der Waals surface area contributed by atoms with Gasteiger partial charge in [-0.15, -0.1) is 0 Å². The molecule has 14 heavy (non-hydrogen) atoms. The fourth-order valence-corrected chi connectivity index (χ4v) is 0.927. The third-order valence-corrected chi connectivity index (χ3v) is 1.78. The summed E-state index contributed by atoms with van der Waals surface area (Å²) in [6.45, 7) is -0.893. The van der Waals surface area contributed by atoms with Crippen molar-refractivity contribution in [2.24, 2.45) is 0 Å². The maximum atomic E-state index is 10.1. The first-order valence-corrected chi connectivity index (χ1v) is 5.00. The minimum atomic E-state index is -4.74. The lowest BCUT2D eigenvalue weighted by atomic mass is 10.1. The summed E-state index contributed by atoms with van der Waals surface area (Å²) < 4.78 is 14.0. The Bertz CT molecular complexity index is 224. The van der Waals surface area contributed by atoms with Crippen molar-refractivity contribution in [3.8, 4) is 0 Å². The van der Waals surface area contributed by atoms with Gasteiger partial charge in [-0.1, -0.05) is 0 Å². The van der Waals surface area contributed by atoms with E-state index in [1.807, 2.05) is 0 Å². The van der Waals surface area contributed by atoms with Crippen molar-refractivity contribution in [2.75, 3.05) is 6.61 Å². The first kappa shape index (κ1) is 13.7. The lowest BCUT2D eigenvalue weighted by Gasteiger charge is -2.19. The van der Waals surface area contributed by atoms with Crippen molar-refractivity contribution >= 4 is 14.1 Å². The maximum absolute atomic E-state index is 10.1. The van der Waals surface area contributed by atoms with Crippen LogP contribution in [0.15, 0.2) is 0 Å². The molecule has 0 rings (SSSR count). The van der Waals surface area contributed by atoms with Gasteiger partial charge in [0.05, 0.1) is 6.61 Å². The number of rotatable bonds is 6. The molecule has 8 nitrogen and oxygen atoms in total. The van der Waals surface area contributed by atoms with Gasteiger partial charge in [-0.3, -0.25) is 4.52 Å². The summed E-state index contributed by atoms with van der Waals surface area (Å²) in [6.07, 6.45) is -5.46. The van der Waals surface area contributed by atoms with E-state index in [0.717, 1.165) is 0 Å². The summed E-state index contributed by atoms with van der Waals surface area (Å²) in [6, 6.07) is 0. The number of aliphatic hydroxyl groups is 3. The van der Waals surface area contributed by atoms with Crippen LogP contribution in [0, 0.1) is 0 Å². The standard InChI is InChI=1S/C5H11O8P/c6-1-3(7)5(9)4(8)2-13-14(10,11)12/h1,3-5,7-9H,2H2,(H2,10,11,12)/t3-,4-,5-/m0/s1. The van der Waals surface area contributed by atoms with Crippen LogP contribution >= 0.6 is 7.82 Å². The Morgan fingerprint density at radius 3 is 2.14 bits per heavy atom. The second-order valence-electron chi connectivity index (χ2n) is 2.47. The van der Waals surface area contributed by atoms with E-state index < -0.39 is 32.7 Å². The molecule has 0 saturated carbocycles. The molecular weight excluding hydrogens is 219 g/mol. The van der Waals surface area contributed by atoms with E-state index in [9.17, 15) is 9.36 Å². The third-order valence-electron chi connectivity index (χ3n) is 1.30.